The fraction of sp³-hybridized carbons (Fsp3) is 0.0435. The van der Waals surface area contributed by atoms with E-state index in [0.717, 1.165) is 0 Å². The van der Waals surface area contributed by atoms with Gasteiger partial charge in [-0.25, -0.2) is 0 Å². The van der Waals surface area contributed by atoms with Crippen LogP contribution in [-0.2, 0) is 0 Å². The summed E-state index contributed by atoms with van der Waals surface area (Å²) in [5.74, 6) is -0.425. The lowest BCUT2D eigenvalue weighted by atomic mass is 9.98. The van der Waals surface area contributed by atoms with Gasteiger partial charge in [-0.05, 0) is 54.1 Å². The van der Waals surface area contributed by atoms with Crippen molar-refractivity contribution in [1.82, 2.24) is 0 Å². The molecular formula is C23H12Cl3NO3. The van der Waals surface area contributed by atoms with Gasteiger partial charge in [-0.15, -0.1) is 0 Å². The van der Waals surface area contributed by atoms with Gasteiger partial charge in [-0.2, -0.15) is 0 Å². The molecule has 30 heavy (non-hydrogen) atoms. The fourth-order valence-electron chi connectivity index (χ4n) is 3.83. The molecule has 3 aromatic carbocycles. The van der Waals surface area contributed by atoms with Gasteiger partial charge in [-0.1, -0.05) is 53.0 Å². The van der Waals surface area contributed by atoms with Crippen LogP contribution in [-0.4, -0.2) is 5.91 Å². The standard InChI is InChI=1S/C23H12Cl3NO3/c24-13-4-1-3-12(9-13)20-19-21(28)17-11-15(26)7-8-18(17)30-22(19)23(29)27(20)16-6-2-5-14(25)10-16/h1-11,20H. The summed E-state index contributed by atoms with van der Waals surface area (Å²) in [6.07, 6.45) is 0. The average molecular weight is 457 g/mol. The van der Waals surface area contributed by atoms with Crippen molar-refractivity contribution in [2.75, 3.05) is 4.90 Å². The number of nitrogens with zero attached hydrogens (tertiary/aromatic N) is 1. The summed E-state index contributed by atoms with van der Waals surface area (Å²) < 4.78 is 5.90. The number of rotatable bonds is 2. The minimum absolute atomic E-state index is 0.000210. The van der Waals surface area contributed by atoms with E-state index in [1.807, 2.05) is 6.07 Å². The van der Waals surface area contributed by atoms with Crippen molar-refractivity contribution in [3.63, 3.8) is 0 Å². The molecule has 2 heterocycles. The van der Waals surface area contributed by atoms with Crippen LogP contribution in [0.15, 0.2) is 75.9 Å². The van der Waals surface area contributed by atoms with Crippen molar-refractivity contribution in [3.8, 4) is 0 Å². The van der Waals surface area contributed by atoms with Crippen LogP contribution in [0.5, 0.6) is 0 Å². The van der Waals surface area contributed by atoms with E-state index in [-0.39, 0.29) is 16.8 Å². The van der Waals surface area contributed by atoms with E-state index >= 15 is 0 Å². The number of carbonyl (C=O) groups is 1. The van der Waals surface area contributed by atoms with E-state index in [2.05, 4.69) is 0 Å². The molecule has 7 heteroatoms. The van der Waals surface area contributed by atoms with Crippen LogP contribution < -0.4 is 10.3 Å². The van der Waals surface area contributed by atoms with Crippen LogP contribution in [0.4, 0.5) is 5.69 Å². The summed E-state index contributed by atoms with van der Waals surface area (Å²) in [6, 6.07) is 18.0. The highest BCUT2D eigenvalue weighted by atomic mass is 35.5. The third kappa shape index (κ3) is 3.00. The Morgan fingerprint density at radius 3 is 2.23 bits per heavy atom. The predicted molar refractivity (Wildman–Crippen MR) is 119 cm³/mol. The Morgan fingerprint density at radius 1 is 0.800 bits per heavy atom. The smallest absolute Gasteiger partial charge is 0.295 e. The zero-order valence-electron chi connectivity index (χ0n) is 15.2. The highest BCUT2D eigenvalue weighted by Gasteiger charge is 2.43. The van der Waals surface area contributed by atoms with E-state index in [4.69, 9.17) is 39.2 Å². The Morgan fingerprint density at radius 2 is 1.50 bits per heavy atom. The molecule has 1 aromatic heterocycles. The summed E-state index contributed by atoms with van der Waals surface area (Å²) in [6.45, 7) is 0. The monoisotopic (exact) mass is 455 g/mol. The molecule has 0 aliphatic carbocycles. The Kier molecular flexibility index (Phi) is 4.58. The molecule has 1 unspecified atom stereocenters. The molecule has 4 nitrogen and oxygen atoms in total. The number of fused-ring (bicyclic) bond motifs is 2. The van der Waals surface area contributed by atoms with E-state index in [0.29, 0.717) is 37.3 Å². The fourth-order valence-corrected chi connectivity index (χ4v) is 4.38. The van der Waals surface area contributed by atoms with Crippen LogP contribution in [0.2, 0.25) is 15.1 Å². The van der Waals surface area contributed by atoms with Gasteiger partial charge in [0.05, 0.1) is 17.0 Å². The summed E-state index contributed by atoms with van der Waals surface area (Å²) in [5, 5.41) is 1.68. The van der Waals surface area contributed by atoms with Gasteiger partial charge in [-0.3, -0.25) is 14.5 Å². The van der Waals surface area contributed by atoms with E-state index < -0.39 is 11.9 Å². The van der Waals surface area contributed by atoms with Gasteiger partial charge in [0, 0.05) is 20.8 Å². The van der Waals surface area contributed by atoms with Crippen molar-refractivity contribution in [1.29, 1.82) is 0 Å². The topological polar surface area (TPSA) is 50.5 Å². The lowest BCUT2D eigenvalue weighted by Gasteiger charge is -2.25. The lowest BCUT2D eigenvalue weighted by molar-refractivity contribution is 0.0971. The van der Waals surface area contributed by atoms with Crippen molar-refractivity contribution in [3.05, 3.63) is 109 Å². The minimum atomic E-state index is -0.718. The molecule has 1 aliphatic heterocycles. The predicted octanol–water partition coefficient (Wildman–Crippen LogP) is 6.50. The SMILES string of the molecule is O=C1c2oc3ccc(Cl)cc3c(=O)c2C(c2cccc(Cl)c2)N1c1cccc(Cl)c1. The molecule has 1 amide bonds. The van der Waals surface area contributed by atoms with Crippen molar-refractivity contribution >= 4 is 57.4 Å². The van der Waals surface area contributed by atoms with Crippen LogP contribution in [0.3, 0.4) is 0 Å². The summed E-state index contributed by atoms with van der Waals surface area (Å²) in [4.78, 5) is 28.4. The third-order valence-corrected chi connectivity index (χ3v) is 5.79. The van der Waals surface area contributed by atoms with E-state index in [1.165, 1.54) is 4.90 Å². The molecule has 5 rings (SSSR count). The molecule has 0 radical (unpaired) electrons. The second-order valence-electron chi connectivity index (χ2n) is 6.93. The third-order valence-electron chi connectivity index (χ3n) is 5.08. The number of hydrogen-bond acceptors (Lipinski definition) is 3. The first kappa shape index (κ1) is 19.2. The normalized spacial score (nSPS) is 15.6. The summed E-state index contributed by atoms with van der Waals surface area (Å²) in [7, 11) is 0. The maximum absolute atomic E-state index is 13.5. The van der Waals surface area contributed by atoms with Crippen LogP contribution in [0.1, 0.15) is 27.7 Å². The highest BCUT2D eigenvalue weighted by Crippen LogP contribution is 2.42. The first-order chi connectivity index (χ1) is 14.4. The number of benzene rings is 3. The number of carbonyl (C=O) groups excluding carboxylic acids is 1. The molecule has 0 saturated heterocycles. The minimum Gasteiger partial charge on any atom is -0.450 e. The van der Waals surface area contributed by atoms with Crippen LogP contribution in [0, 0.1) is 0 Å². The molecule has 1 atom stereocenters. The van der Waals surface area contributed by atoms with Gasteiger partial charge in [0.15, 0.2) is 5.43 Å². The van der Waals surface area contributed by atoms with Crippen molar-refractivity contribution < 1.29 is 9.21 Å². The molecule has 4 aromatic rings. The number of hydrogen-bond donors (Lipinski definition) is 0. The molecule has 148 valence electrons. The van der Waals surface area contributed by atoms with Crippen LogP contribution >= 0.6 is 34.8 Å². The zero-order chi connectivity index (χ0) is 21.0. The Bertz CT molecular complexity index is 1400. The molecule has 0 saturated carbocycles. The molecule has 0 spiro atoms. The number of halogens is 3. The Balaban J connectivity index is 1.84. The molecular weight excluding hydrogens is 445 g/mol. The van der Waals surface area contributed by atoms with Gasteiger partial charge >= 0.3 is 0 Å². The second-order valence-corrected chi connectivity index (χ2v) is 8.24. The van der Waals surface area contributed by atoms with Gasteiger partial charge in [0.1, 0.15) is 5.58 Å². The zero-order valence-corrected chi connectivity index (χ0v) is 17.5. The molecule has 1 aliphatic rings. The highest BCUT2D eigenvalue weighted by molar-refractivity contribution is 6.31. The first-order valence-electron chi connectivity index (χ1n) is 9.05. The van der Waals surface area contributed by atoms with Gasteiger partial charge < -0.3 is 4.42 Å². The van der Waals surface area contributed by atoms with Gasteiger partial charge in [0.25, 0.3) is 5.91 Å². The number of amides is 1. The lowest BCUT2D eigenvalue weighted by Crippen LogP contribution is -2.29. The Hall–Kier alpha value is -2.79. The van der Waals surface area contributed by atoms with Gasteiger partial charge in [0.2, 0.25) is 5.76 Å². The van der Waals surface area contributed by atoms with Crippen LogP contribution in [0.25, 0.3) is 11.0 Å². The molecule has 0 fully saturated rings. The molecule has 0 bridgehead atoms. The maximum Gasteiger partial charge on any atom is 0.295 e. The largest absolute Gasteiger partial charge is 0.450 e. The first-order valence-corrected chi connectivity index (χ1v) is 10.2. The van der Waals surface area contributed by atoms with Crippen molar-refractivity contribution in [2.24, 2.45) is 0 Å². The number of anilines is 1. The van der Waals surface area contributed by atoms with E-state index in [9.17, 15) is 9.59 Å². The average Bonchev–Trinajstić information content (AvgIpc) is 3.01. The quantitative estimate of drug-likeness (QED) is 0.346. The van der Waals surface area contributed by atoms with Crippen molar-refractivity contribution in [2.45, 2.75) is 6.04 Å². The summed E-state index contributed by atoms with van der Waals surface area (Å²) >= 11 is 18.5. The maximum atomic E-state index is 13.5. The Labute approximate surface area is 186 Å². The summed E-state index contributed by atoms with van der Waals surface area (Å²) in [5.41, 5.74) is 1.47. The second kappa shape index (κ2) is 7.17. The molecule has 0 N–H and O–H groups in total. The van der Waals surface area contributed by atoms with E-state index in [1.54, 1.807) is 60.7 Å².